The fraction of sp³-hybridized carbons (Fsp3) is 0.174. The zero-order chi connectivity index (χ0) is 19.6. The first-order valence-corrected chi connectivity index (χ1v) is 9.94. The van der Waals surface area contributed by atoms with Crippen LogP contribution in [0, 0.1) is 0 Å². The van der Waals surface area contributed by atoms with Gasteiger partial charge in [-0.3, -0.25) is 4.79 Å². The standard InChI is InChI=1S/C23H23NO3S/c1-26-13-12-24-23(25)21(22-11-6-14-28-22)16-19-9-5-10-20(15-19)27-17-18-7-3-2-4-8-18/h2-11,14-16H,12-13,17H2,1H3,(H,24,25). The first-order chi connectivity index (χ1) is 13.8. The van der Waals surface area contributed by atoms with Crippen LogP contribution in [0.15, 0.2) is 72.1 Å². The molecule has 0 unspecified atom stereocenters. The quantitative estimate of drug-likeness (QED) is 0.426. The van der Waals surface area contributed by atoms with Gasteiger partial charge in [-0.15, -0.1) is 11.3 Å². The lowest BCUT2D eigenvalue weighted by Gasteiger charge is -2.09. The lowest BCUT2D eigenvalue weighted by Crippen LogP contribution is -2.27. The molecule has 1 amide bonds. The summed E-state index contributed by atoms with van der Waals surface area (Å²) in [5.74, 6) is 0.651. The van der Waals surface area contributed by atoms with Gasteiger partial charge in [-0.25, -0.2) is 0 Å². The van der Waals surface area contributed by atoms with Crippen molar-refractivity contribution in [2.45, 2.75) is 6.61 Å². The number of nitrogens with one attached hydrogen (secondary N) is 1. The van der Waals surface area contributed by atoms with E-state index in [9.17, 15) is 4.79 Å². The fourth-order valence-electron chi connectivity index (χ4n) is 2.64. The number of carbonyl (C=O) groups is 1. The molecule has 0 aliphatic rings. The highest BCUT2D eigenvalue weighted by atomic mass is 32.1. The molecule has 4 nitrogen and oxygen atoms in total. The number of hydrogen-bond donors (Lipinski definition) is 1. The topological polar surface area (TPSA) is 47.6 Å². The van der Waals surface area contributed by atoms with E-state index in [1.54, 1.807) is 7.11 Å². The number of amides is 1. The van der Waals surface area contributed by atoms with Gasteiger partial charge in [0, 0.05) is 18.5 Å². The molecule has 0 fully saturated rings. The van der Waals surface area contributed by atoms with Gasteiger partial charge in [-0.1, -0.05) is 48.5 Å². The van der Waals surface area contributed by atoms with Gasteiger partial charge < -0.3 is 14.8 Å². The van der Waals surface area contributed by atoms with Gasteiger partial charge in [0.25, 0.3) is 5.91 Å². The Hall–Kier alpha value is -2.89. The zero-order valence-corrected chi connectivity index (χ0v) is 16.6. The Labute approximate surface area is 169 Å². The van der Waals surface area contributed by atoms with Crippen molar-refractivity contribution >= 4 is 28.9 Å². The first-order valence-electron chi connectivity index (χ1n) is 9.06. The van der Waals surface area contributed by atoms with Crippen LogP contribution >= 0.6 is 11.3 Å². The number of methoxy groups -OCH3 is 1. The van der Waals surface area contributed by atoms with E-state index >= 15 is 0 Å². The fourth-order valence-corrected chi connectivity index (χ4v) is 3.38. The number of hydrogen-bond acceptors (Lipinski definition) is 4. The molecule has 3 rings (SSSR count). The second-order valence-electron chi connectivity index (χ2n) is 6.13. The summed E-state index contributed by atoms with van der Waals surface area (Å²) in [6, 6.07) is 21.7. The van der Waals surface area contributed by atoms with Crippen LogP contribution in [0.1, 0.15) is 16.0 Å². The molecule has 0 bridgehead atoms. The van der Waals surface area contributed by atoms with Crippen LogP contribution in [0.25, 0.3) is 11.6 Å². The second kappa shape index (κ2) is 10.4. The molecule has 28 heavy (non-hydrogen) atoms. The summed E-state index contributed by atoms with van der Waals surface area (Å²) in [6.07, 6.45) is 1.89. The minimum absolute atomic E-state index is 0.116. The molecule has 0 aliphatic carbocycles. The van der Waals surface area contributed by atoms with E-state index in [0.29, 0.717) is 25.3 Å². The smallest absolute Gasteiger partial charge is 0.252 e. The molecular weight excluding hydrogens is 370 g/mol. The summed E-state index contributed by atoms with van der Waals surface area (Å²) < 4.78 is 10.9. The van der Waals surface area contributed by atoms with Gasteiger partial charge in [0.1, 0.15) is 12.4 Å². The lowest BCUT2D eigenvalue weighted by molar-refractivity contribution is -0.115. The third-order valence-corrected chi connectivity index (χ3v) is 4.94. The van der Waals surface area contributed by atoms with Crippen LogP contribution in [0.5, 0.6) is 5.75 Å². The van der Waals surface area contributed by atoms with Crippen molar-refractivity contribution in [2.75, 3.05) is 20.3 Å². The molecule has 0 spiro atoms. The summed E-state index contributed by atoms with van der Waals surface area (Å²) in [6.45, 7) is 1.45. The number of carbonyl (C=O) groups excluding carboxylic acids is 1. The molecular formula is C23H23NO3S. The van der Waals surface area contributed by atoms with Gasteiger partial charge in [-0.2, -0.15) is 0 Å². The van der Waals surface area contributed by atoms with Crippen molar-refractivity contribution < 1.29 is 14.3 Å². The maximum Gasteiger partial charge on any atom is 0.252 e. The summed E-state index contributed by atoms with van der Waals surface area (Å²) in [4.78, 5) is 13.6. The monoisotopic (exact) mass is 393 g/mol. The molecule has 0 atom stereocenters. The van der Waals surface area contributed by atoms with E-state index < -0.39 is 0 Å². The Bertz CT molecular complexity index is 905. The average molecular weight is 394 g/mol. The average Bonchev–Trinajstić information content (AvgIpc) is 3.26. The Balaban J connectivity index is 1.77. The summed E-state index contributed by atoms with van der Waals surface area (Å²) >= 11 is 1.54. The van der Waals surface area contributed by atoms with Crippen LogP contribution in [-0.4, -0.2) is 26.2 Å². The zero-order valence-electron chi connectivity index (χ0n) is 15.8. The first kappa shape index (κ1) is 19.9. The largest absolute Gasteiger partial charge is 0.489 e. The van der Waals surface area contributed by atoms with Crippen LogP contribution in [0.2, 0.25) is 0 Å². The summed E-state index contributed by atoms with van der Waals surface area (Å²) in [7, 11) is 1.61. The van der Waals surface area contributed by atoms with Gasteiger partial charge >= 0.3 is 0 Å². The summed E-state index contributed by atoms with van der Waals surface area (Å²) in [5.41, 5.74) is 2.66. The normalized spacial score (nSPS) is 11.2. The van der Waals surface area contributed by atoms with E-state index in [-0.39, 0.29) is 5.91 Å². The highest BCUT2D eigenvalue weighted by Crippen LogP contribution is 2.25. The number of benzene rings is 2. The van der Waals surface area contributed by atoms with Gasteiger partial charge in [-0.05, 0) is 40.8 Å². The number of ether oxygens (including phenoxy) is 2. The van der Waals surface area contributed by atoms with E-state index in [0.717, 1.165) is 21.8 Å². The van der Waals surface area contributed by atoms with Gasteiger partial charge in [0.05, 0.1) is 12.2 Å². The maximum absolute atomic E-state index is 12.7. The third-order valence-electron chi connectivity index (χ3n) is 4.04. The molecule has 1 aromatic heterocycles. The van der Waals surface area contributed by atoms with E-state index in [1.165, 1.54) is 11.3 Å². The molecule has 1 N–H and O–H groups in total. The predicted molar refractivity (Wildman–Crippen MR) is 114 cm³/mol. The molecule has 3 aromatic rings. The molecule has 0 saturated carbocycles. The SMILES string of the molecule is COCCNC(=O)C(=Cc1cccc(OCc2ccccc2)c1)c1cccs1. The van der Waals surface area contributed by atoms with Crippen LogP contribution in [-0.2, 0) is 16.1 Å². The van der Waals surface area contributed by atoms with Crippen molar-refractivity contribution in [3.05, 3.63) is 88.1 Å². The molecule has 5 heteroatoms. The molecule has 2 aromatic carbocycles. The Kier molecular flexibility index (Phi) is 7.41. The van der Waals surface area contributed by atoms with Crippen molar-refractivity contribution in [3.63, 3.8) is 0 Å². The van der Waals surface area contributed by atoms with E-state index in [2.05, 4.69) is 5.32 Å². The molecule has 1 heterocycles. The highest BCUT2D eigenvalue weighted by molar-refractivity contribution is 7.11. The molecule has 0 radical (unpaired) electrons. The predicted octanol–water partition coefficient (Wildman–Crippen LogP) is 4.63. The Morgan fingerprint density at radius 1 is 1.07 bits per heavy atom. The highest BCUT2D eigenvalue weighted by Gasteiger charge is 2.13. The lowest BCUT2D eigenvalue weighted by atomic mass is 10.1. The van der Waals surface area contributed by atoms with Gasteiger partial charge in [0.2, 0.25) is 0 Å². The number of thiophene rings is 1. The van der Waals surface area contributed by atoms with Crippen molar-refractivity contribution in [2.24, 2.45) is 0 Å². The van der Waals surface area contributed by atoms with E-state index in [4.69, 9.17) is 9.47 Å². The van der Waals surface area contributed by atoms with E-state index in [1.807, 2.05) is 78.2 Å². The molecule has 0 saturated heterocycles. The third kappa shape index (κ3) is 5.81. The van der Waals surface area contributed by atoms with Crippen LogP contribution in [0.3, 0.4) is 0 Å². The Morgan fingerprint density at radius 2 is 1.93 bits per heavy atom. The van der Waals surface area contributed by atoms with Crippen LogP contribution in [0.4, 0.5) is 0 Å². The second-order valence-corrected chi connectivity index (χ2v) is 7.08. The van der Waals surface area contributed by atoms with Crippen molar-refractivity contribution in [3.8, 4) is 5.75 Å². The maximum atomic E-state index is 12.7. The van der Waals surface area contributed by atoms with Crippen molar-refractivity contribution in [1.29, 1.82) is 0 Å². The molecule has 144 valence electrons. The summed E-state index contributed by atoms with van der Waals surface area (Å²) in [5, 5.41) is 4.86. The minimum Gasteiger partial charge on any atom is -0.489 e. The van der Waals surface area contributed by atoms with Gasteiger partial charge in [0.15, 0.2) is 0 Å². The van der Waals surface area contributed by atoms with Crippen LogP contribution < -0.4 is 10.1 Å². The minimum atomic E-state index is -0.116. The number of rotatable bonds is 9. The Morgan fingerprint density at radius 3 is 2.68 bits per heavy atom. The molecule has 0 aliphatic heterocycles. The van der Waals surface area contributed by atoms with Crippen molar-refractivity contribution in [1.82, 2.24) is 5.32 Å².